The topological polar surface area (TPSA) is 220 Å². The number of aliphatic hydroxyl groups is 3. The van der Waals surface area contributed by atoms with Gasteiger partial charge in [0.15, 0.2) is 18.3 Å². The first-order valence-corrected chi connectivity index (χ1v) is 15.5. The van der Waals surface area contributed by atoms with Gasteiger partial charge in [-0.05, 0) is 26.2 Å². The highest BCUT2D eigenvalue weighted by Gasteiger charge is 2.62. The summed E-state index contributed by atoms with van der Waals surface area (Å²) in [6.45, 7) is 10.2. The van der Waals surface area contributed by atoms with E-state index in [1.165, 1.54) is 13.0 Å². The molecular weight excluding hydrogens is 628 g/mol. The van der Waals surface area contributed by atoms with Crippen LogP contribution in [0.15, 0.2) is 11.6 Å². The van der Waals surface area contributed by atoms with Crippen molar-refractivity contribution in [3.05, 3.63) is 11.6 Å². The minimum atomic E-state index is -2.45. The molecule has 268 valence electrons. The van der Waals surface area contributed by atoms with Gasteiger partial charge in [-0.2, -0.15) is 0 Å². The first-order chi connectivity index (χ1) is 22.0. The van der Waals surface area contributed by atoms with Gasteiger partial charge in [0, 0.05) is 25.8 Å². The molecule has 10 atom stereocenters. The lowest BCUT2D eigenvalue weighted by Crippen LogP contribution is -2.64. The molecule has 0 unspecified atom stereocenters. The van der Waals surface area contributed by atoms with Gasteiger partial charge in [-0.1, -0.05) is 33.8 Å². The minimum Gasteiger partial charge on any atom is -0.463 e. The Balaban J connectivity index is 2.58. The van der Waals surface area contributed by atoms with Crippen LogP contribution in [-0.2, 0) is 61.9 Å². The van der Waals surface area contributed by atoms with Crippen LogP contribution in [0.25, 0.3) is 0 Å². The molecule has 2 saturated heterocycles. The zero-order valence-electron chi connectivity index (χ0n) is 28.0. The summed E-state index contributed by atoms with van der Waals surface area (Å²) in [5.74, 6) is -6.85. The molecule has 3 N–H and O–H groups in total. The quantitative estimate of drug-likeness (QED) is 0.122. The number of aliphatic hydroxyl groups excluding tert-OH is 3. The molecule has 0 aliphatic carbocycles. The fourth-order valence-electron chi connectivity index (χ4n) is 4.60. The second kappa shape index (κ2) is 17.8. The van der Waals surface area contributed by atoms with Crippen LogP contribution in [0.1, 0.15) is 68.2 Å². The van der Waals surface area contributed by atoms with Crippen LogP contribution in [0.2, 0.25) is 0 Å². The van der Waals surface area contributed by atoms with E-state index >= 15 is 0 Å². The molecule has 0 aromatic carbocycles. The van der Waals surface area contributed by atoms with Crippen molar-refractivity contribution in [2.75, 3.05) is 19.8 Å². The number of rotatable bonds is 15. The zero-order valence-corrected chi connectivity index (χ0v) is 28.0. The summed E-state index contributed by atoms with van der Waals surface area (Å²) in [6, 6.07) is 0. The predicted molar refractivity (Wildman–Crippen MR) is 158 cm³/mol. The van der Waals surface area contributed by atoms with E-state index in [9.17, 15) is 39.3 Å². The second-order valence-electron chi connectivity index (χ2n) is 12.0. The Morgan fingerprint density at radius 3 is 2.04 bits per heavy atom. The average molecular weight is 677 g/mol. The summed E-state index contributed by atoms with van der Waals surface area (Å²) < 4.78 is 44.4. The Hall–Kier alpha value is -3.15. The number of esters is 5. The van der Waals surface area contributed by atoms with E-state index in [2.05, 4.69) is 0 Å². The number of carbonyl (C=O) groups excluding carboxylic acids is 5. The van der Waals surface area contributed by atoms with Gasteiger partial charge in [-0.25, -0.2) is 4.79 Å². The molecule has 0 saturated carbocycles. The maximum absolute atomic E-state index is 12.8. The van der Waals surface area contributed by atoms with Crippen molar-refractivity contribution in [1.82, 2.24) is 0 Å². The van der Waals surface area contributed by atoms with Crippen LogP contribution in [0.5, 0.6) is 0 Å². The van der Waals surface area contributed by atoms with E-state index in [-0.39, 0.29) is 17.9 Å². The summed E-state index contributed by atoms with van der Waals surface area (Å²) in [6.07, 6.45) is -11.7. The van der Waals surface area contributed by atoms with Crippen LogP contribution in [0.4, 0.5) is 0 Å². The van der Waals surface area contributed by atoms with Gasteiger partial charge < -0.3 is 53.2 Å². The van der Waals surface area contributed by atoms with Gasteiger partial charge in [0.2, 0.25) is 12.1 Å². The molecule has 0 aromatic rings. The first kappa shape index (κ1) is 40.0. The molecule has 16 heteroatoms. The van der Waals surface area contributed by atoms with Gasteiger partial charge in [0.25, 0.3) is 0 Å². The highest BCUT2D eigenvalue weighted by atomic mass is 16.8. The molecule has 2 aliphatic heterocycles. The Morgan fingerprint density at radius 1 is 0.851 bits per heavy atom. The predicted octanol–water partition coefficient (Wildman–Crippen LogP) is 0.457. The van der Waals surface area contributed by atoms with Gasteiger partial charge in [0.1, 0.15) is 44.2 Å². The monoisotopic (exact) mass is 676 g/mol. The molecule has 0 radical (unpaired) electrons. The highest BCUT2D eigenvalue weighted by Crippen LogP contribution is 2.39. The van der Waals surface area contributed by atoms with Crippen LogP contribution in [-0.4, -0.2) is 120 Å². The SMILES string of the molecule is C/C=C(\C)C(=O)O[C@H]1[C@@H](O[C@]2(COC(=O)CC(C)C)O[C@H](COC(=O)[C@H](C)CC)[C@@H](OC(C)=O)[C@@H]2O)O[C@H](COC(C)=O)[C@@H](O)[C@@H]1O. The maximum Gasteiger partial charge on any atom is 0.333 e. The molecule has 0 amide bonds. The molecule has 2 heterocycles. The number of hydrogen-bond donors (Lipinski definition) is 3. The van der Waals surface area contributed by atoms with Gasteiger partial charge in [0.05, 0.1) is 5.92 Å². The maximum atomic E-state index is 12.8. The largest absolute Gasteiger partial charge is 0.463 e. The van der Waals surface area contributed by atoms with Crippen LogP contribution in [0.3, 0.4) is 0 Å². The summed E-state index contributed by atoms with van der Waals surface area (Å²) in [7, 11) is 0. The molecule has 0 spiro atoms. The lowest BCUT2D eigenvalue weighted by atomic mass is 9.98. The van der Waals surface area contributed by atoms with E-state index in [0.717, 1.165) is 13.8 Å². The van der Waals surface area contributed by atoms with E-state index in [1.54, 1.807) is 34.6 Å². The molecule has 2 rings (SSSR count). The standard InChI is InChI=1S/C31H48O16/c1-9-16(5)28(38)41-13-21-25(43-19(8)33)27(37)31(46-21,14-42-22(34)11-15(3)4)47-30-26(45-29(39)17(6)10-2)24(36)23(35)20(44-30)12-40-18(7)32/h10,15-16,20-21,23-27,30,35-37H,9,11-14H2,1-8H3/b17-10+/t16-,20-,21-,23-,24+,25-,26-,27+,30-,31+/m1/s1. The van der Waals surface area contributed by atoms with Crippen LogP contribution < -0.4 is 0 Å². The van der Waals surface area contributed by atoms with Crippen LogP contribution >= 0.6 is 0 Å². The van der Waals surface area contributed by atoms with Crippen molar-refractivity contribution in [3.63, 3.8) is 0 Å². The molecule has 47 heavy (non-hydrogen) atoms. The molecule has 16 nitrogen and oxygen atoms in total. The van der Waals surface area contributed by atoms with E-state index in [0.29, 0.717) is 6.42 Å². The number of carbonyl (C=O) groups is 5. The first-order valence-electron chi connectivity index (χ1n) is 15.5. The van der Waals surface area contributed by atoms with Gasteiger partial charge in [-0.3, -0.25) is 19.2 Å². The lowest BCUT2D eigenvalue weighted by Gasteiger charge is -2.44. The summed E-state index contributed by atoms with van der Waals surface area (Å²) in [4.78, 5) is 61.4. The third-order valence-electron chi connectivity index (χ3n) is 7.60. The Labute approximate surface area is 273 Å². The number of allylic oxidation sites excluding steroid dienone is 1. The van der Waals surface area contributed by atoms with E-state index in [1.807, 2.05) is 0 Å². The Morgan fingerprint density at radius 2 is 1.49 bits per heavy atom. The number of ether oxygens (including phenoxy) is 8. The Kier molecular flexibility index (Phi) is 15.2. The summed E-state index contributed by atoms with van der Waals surface area (Å²) in [5, 5.41) is 33.4. The fraction of sp³-hybridized carbons (Fsp3) is 0.774. The van der Waals surface area contributed by atoms with Crippen molar-refractivity contribution in [3.8, 4) is 0 Å². The van der Waals surface area contributed by atoms with Crippen molar-refractivity contribution >= 4 is 29.8 Å². The smallest absolute Gasteiger partial charge is 0.333 e. The molecule has 0 aromatic heterocycles. The van der Waals surface area contributed by atoms with Crippen molar-refractivity contribution < 1.29 is 77.2 Å². The minimum absolute atomic E-state index is 0.0341. The van der Waals surface area contributed by atoms with Gasteiger partial charge in [-0.15, -0.1) is 0 Å². The van der Waals surface area contributed by atoms with Gasteiger partial charge >= 0.3 is 29.8 Å². The van der Waals surface area contributed by atoms with Crippen molar-refractivity contribution in [2.24, 2.45) is 11.8 Å². The molecule has 2 fully saturated rings. The second-order valence-corrected chi connectivity index (χ2v) is 12.0. The third kappa shape index (κ3) is 10.9. The summed E-state index contributed by atoms with van der Waals surface area (Å²) >= 11 is 0. The molecular formula is C31H48O16. The van der Waals surface area contributed by atoms with Crippen LogP contribution in [0, 0.1) is 11.8 Å². The molecule has 2 aliphatic rings. The zero-order chi connectivity index (χ0) is 35.6. The fourth-order valence-corrected chi connectivity index (χ4v) is 4.60. The van der Waals surface area contributed by atoms with E-state index in [4.69, 9.17) is 37.9 Å². The summed E-state index contributed by atoms with van der Waals surface area (Å²) in [5.41, 5.74) is 0.125. The lowest BCUT2D eigenvalue weighted by molar-refractivity contribution is -0.384. The highest BCUT2D eigenvalue weighted by molar-refractivity contribution is 5.87. The number of hydrogen-bond acceptors (Lipinski definition) is 16. The van der Waals surface area contributed by atoms with Crippen molar-refractivity contribution in [1.29, 1.82) is 0 Å². The van der Waals surface area contributed by atoms with Crippen molar-refractivity contribution in [2.45, 2.75) is 123 Å². The van der Waals surface area contributed by atoms with E-state index < -0.39 is 110 Å². The normalized spacial score (nSPS) is 31.5. The molecule has 0 bridgehead atoms. The third-order valence-corrected chi connectivity index (χ3v) is 7.60. The average Bonchev–Trinajstić information content (AvgIpc) is 3.25. The Bertz CT molecular complexity index is 1140.